The predicted octanol–water partition coefficient (Wildman–Crippen LogP) is 2.75. The molecule has 1 aliphatic rings. The van der Waals surface area contributed by atoms with E-state index in [1.807, 2.05) is 6.20 Å². The van der Waals surface area contributed by atoms with Crippen LogP contribution in [0.4, 0.5) is 0 Å². The summed E-state index contributed by atoms with van der Waals surface area (Å²) in [6.45, 7) is 7.63. The summed E-state index contributed by atoms with van der Waals surface area (Å²) in [4.78, 5) is 8.99. The third kappa shape index (κ3) is 5.06. The molecular formula is C18H27N5O. The number of likely N-dealkylation sites (N-methyl/N-ethyl adjacent to an activating group) is 1. The normalized spacial score (nSPS) is 19.5. The molecule has 0 aliphatic carbocycles. The lowest BCUT2D eigenvalue weighted by molar-refractivity contribution is 0.200. The van der Waals surface area contributed by atoms with Gasteiger partial charge in [0, 0.05) is 31.5 Å². The van der Waals surface area contributed by atoms with Crippen molar-refractivity contribution in [3.63, 3.8) is 0 Å². The highest BCUT2D eigenvalue weighted by Crippen LogP contribution is 2.20. The van der Waals surface area contributed by atoms with E-state index in [-0.39, 0.29) is 5.92 Å². The Kier molecular flexibility index (Phi) is 6.78. The minimum absolute atomic E-state index is 0.0472. The van der Waals surface area contributed by atoms with Gasteiger partial charge in [0.2, 0.25) is 5.89 Å². The molecule has 0 amide bonds. The van der Waals surface area contributed by atoms with Crippen LogP contribution in [0.2, 0.25) is 0 Å². The van der Waals surface area contributed by atoms with Crippen molar-refractivity contribution in [2.75, 3.05) is 26.7 Å². The monoisotopic (exact) mass is 329 g/mol. The van der Waals surface area contributed by atoms with E-state index in [0.29, 0.717) is 31.3 Å². The molecular weight excluding hydrogens is 302 g/mol. The van der Waals surface area contributed by atoms with Gasteiger partial charge in [0.1, 0.15) is 5.76 Å². The Morgan fingerprint density at radius 3 is 2.88 bits per heavy atom. The van der Waals surface area contributed by atoms with Gasteiger partial charge in [-0.3, -0.25) is 4.90 Å². The molecule has 6 nitrogen and oxygen atoms in total. The van der Waals surface area contributed by atoms with Crippen molar-refractivity contribution in [3.8, 4) is 12.1 Å². The van der Waals surface area contributed by atoms with Crippen molar-refractivity contribution in [3.05, 3.63) is 17.8 Å². The van der Waals surface area contributed by atoms with Gasteiger partial charge in [-0.2, -0.15) is 10.5 Å². The molecule has 1 aliphatic heterocycles. The standard InChI is InChI=1S/C18H27N5O/c1-14(2)17-10-21-18(24-17)13-22(3)16-6-8-23(12-16)11-15(9-20)5-4-7-19/h10,14-16H,4-6,8,11-13H2,1-3H3/t15-,16+/m1/s1. The topological polar surface area (TPSA) is 80.1 Å². The molecule has 0 saturated carbocycles. The van der Waals surface area contributed by atoms with Gasteiger partial charge < -0.3 is 9.32 Å². The average Bonchev–Trinajstić information content (AvgIpc) is 3.20. The van der Waals surface area contributed by atoms with Gasteiger partial charge in [0.15, 0.2) is 0 Å². The largest absolute Gasteiger partial charge is 0.444 e. The maximum atomic E-state index is 9.21. The van der Waals surface area contributed by atoms with Crippen LogP contribution in [0.5, 0.6) is 0 Å². The molecule has 0 unspecified atom stereocenters. The molecule has 0 bridgehead atoms. The minimum Gasteiger partial charge on any atom is -0.444 e. The van der Waals surface area contributed by atoms with Crippen molar-refractivity contribution in [2.24, 2.45) is 5.92 Å². The highest BCUT2D eigenvalue weighted by atomic mass is 16.4. The summed E-state index contributed by atoms with van der Waals surface area (Å²) in [7, 11) is 2.10. The number of rotatable bonds is 8. The Morgan fingerprint density at radius 1 is 1.46 bits per heavy atom. The Bertz CT molecular complexity index is 597. The van der Waals surface area contributed by atoms with Gasteiger partial charge >= 0.3 is 0 Å². The van der Waals surface area contributed by atoms with Gasteiger partial charge in [-0.25, -0.2) is 4.98 Å². The van der Waals surface area contributed by atoms with Crippen LogP contribution >= 0.6 is 0 Å². The molecule has 1 aromatic heterocycles. The van der Waals surface area contributed by atoms with Gasteiger partial charge in [-0.1, -0.05) is 13.8 Å². The highest BCUT2D eigenvalue weighted by Gasteiger charge is 2.28. The van der Waals surface area contributed by atoms with Crippen molar-refractivity contribution < 1.29 is 4.42 Å². The fourth-order valence-electron chi connectivity index (χ4n) is 3.09. The molecule has 24 heavy (non-hydrogen) atoms. The second kappa shape index (κ2) is 8.82. The van der Waals surface area contributed by atoms with Crippen LogP contribution in [0.3, 0.4) is 0 Å². The third-order valence-electron chi connectivity index (χ3n) is 4.66. The van der Waals surface area contributed by atoms with Crippen molar-refractivity contribution in [1.29, 1.82) is 10.5 Å². The number of nitriles is 2. The summed E-state index contributed by atoms with van der Waals surface area (Å²) >= 11 is 0. The molecule has 2 atom stereocenters. The Labute approximate surface area is 144 Å². The molecule has 0 aromatic carbocycles. The molecule has 1 aromatic rings. The zero-order valence-electron chi connectivity index (χ0n) is 14.9. The zero-order chi connectivity index (χ0) is 17.5. The quantitative estimate of drug-likeness (QED) is 0.729. The van der Waals surface area contributed by atoms with Crippen LogP contribution < -0.4 is 0 Å². The van der Waals surface area contributed by atoms with Crippen molar-refractivity contribution in [2.45, 2.75) is 51.6 Å². The first kappa shape index (κ1) is 18.4. The minimum atomic E-state index is -0.0472. The second-order valence-corrected chi connectivity index (χ2v) is 6.95. The van der Waals surface area contributed by atoms with E-state index >= 15 is 0 Å². The molecule has 1 saturated heterocycles. The van der Waals surface area contributed by atoms with Crippen LogP contribution in [-0.4, -0.2) is 47.5 Å². The molecule has 0 radical (unpaired) electrons. The average molecular weight is 329 g/mol. The Hall–Kier alpha value is -1.89. The SMILES string of the molecule is CC(C)c1cnc(CN(C)[C@H]2CCN(C[C@@H](C#N)CCC#N)C2)o1. The van der Waals surface area contributed by atoms with Gasteiger partial charge in [-0.15, -0.1) is 0 Å². The van der Waals surface area contributed by atoms with E-state index < -0.39 is 0 Å². The van der Waals surface area contributed by atoms with E-state index in [1.165, 1.54) is 0 Å². The summed E-state index contributed by atoms with van der Waals surface area (Å²) < 4.78 is 5.79. The number of aromatic nitrogens is 1. The summed E-state index contributed by atoms with van der Waals surface area (Å²) in [5, 5.41) is 17.9. The number of hydrogen-bond acceptors (Lipinski definition) is 6. The van der Waals surface area contributed by atoms with Crippen LogP contribution in [0.15, 0.2) is 10.6 Å². The van der Waals surface area contributed by atoms with E-state index in [0.717, 1.165) is 37.7 Å². The van der Waals surface area contributed by atoms with Crippen LogP contribution in [0.25, 0.3) is 0 Å². The maximum absolute atomic E-state index is 9.21. The Balaban J connectivity index is 1.81. The van der Waals surface area contributed by atoms with Gasteiger partial charge in [0.05, 0.1) is 30.8 Å². The molecule has 130 valence electrons. The van der Waals surface area contributed by atoms with E-state index in [2.05, 4.69) is 47.8 Å². The summed E-state index contributed by atoms with van der Waals surface area (Å²) in [5.74, 6) is 2.01. The van der Waals surface area contributed by atoms with Crippen LogP contribution in [0.1, 0.15) is 50.7 Å². The summed E-state index contributed by atoms with van der Waals surface area (Å²) in [6, 6.07) is 4.91. The van der Waals surface area contributed by atoms with Crippen LogP contribution in [-0.2, 0) is 6.54 Å². The maximum Gasteiger partial charge on any atom is 0.208 e. The number of likely N-dealkylation sites (tertiary alicyclic amines) is 1. The second-order valence-electron chi connectivity index (χ2n) is 6.95. The fourth-order valence-corrected chi connectivity index (χ4v) is 3.09. The fraction of sp³-hybridized carbons (Fsp3) is 0.722. The number of oxazole rings is 1. The van der Waals surface area contributed by atoms with E-state index in [4.69, 9.17) is 9.68 Å². The first-order valence-electron chi connectivity index (χ1n) is 8.67. The predicted molar refractivity (Wildman–Crippen MR) is 90.9 cm³/mol. The summed E-state index contributed by atoms with van der Waals surface area (Å²) in [5.41, 5.74) is 0. The third-order valence-corrected chi connectivity index (χ3v) is 4.66. The highest BCUT2D eigenvalue weighted by molar-refractivity contribution is 4.99. The lowest BCUT2D eigenvalue weighted by atomic mass is 10.1. The molecule has 2 heterocycles. The summed E-state index contributed by atoms with van der Waals surface area (Å²) in [6.07, 6.45) is 4.03. The molecule has 6 heteroatoms. The molecule has 0 N–H and O–H groups in total. The van der Waals surface area contributed by atoms with Gasteiger partial charge in [-0.05, 0) is 26.4 Å². The molecule has 2 rings (SSSR count). The van der Waals surface area contributed by atoms with Crippen LogP contribution in [0, 0.1) is 28.6 Å². The zero-order valence-corrected chi connectivity index (χ0v) is 14.9. The van der Waals surface area contributed by atoms with E-state index in [9.17, 15) is 5.26 Å². The molecule has 1 fully saturated rings. The van der Waals surface area contributed by atoms with Gasteiger partial charge in [0.25, 0.3) is 0 Å². The van der Waals surface area contributed by atoms with Crippen molar-refractivity contribution >= 4 is 0 Å². The molecule has 0 spiro atoms. The smallest absolute Gasteiger partial charge is 0.208 e. The van der Waals surface area contributed by atoms with Crippen molar-refractivity contribution in [1.82, 2.24) is 14.8 Å². The first-order valence-corrected chi connectivity index (χ1v) is 8.67. The van der Waals surface area contributed by atoms with E-state index in [1.54, 1.807) is 0 Å². The lowest BCUT2D eigenvalue weighted by Gasteiger charge is -2.24. The Morgan fingerprint density at radius 2 is 2.25 bits per heavy atom. The first-order chi connectivity index (χ1) is 11.5. The number of nitrogens with zero attached hydrogens (tertiary/aromatic N) is 5. The lowest BCUT2D eigenvalue weighted by Crippen LogP contribution is -2.35. The number of hydrogen-bond donors (Lipinski definition) is 0.